The third-order valence-electron chi connectivity index (χ3n) is 4.68. The van der Waals surface area contributed by atoms with Gasteiger partial charge in [-0.2, -0.15) is 0 Å². The third kappa shape index (κ3) is 5.46. The van der Waals surface area contributed by atoms with Crippen molar-refractivity contribution in [1.29, 1.82) is 0 Å². The van der Waals surface area contributed by atoms with Gasteiger partial charge in [0.2, 0.25) is 0 Å². The Kier molecular flexibility index (Phi) is 6.80. The van der Waals surface area contributed by atoms with Crippen LogP contribution >= 0.6 is 0 Å². The van der Waals surface area contributed by atoms with Crippen LogP contribution in [-0.4, -0.2) is 34.7 Å². The van der Waals surface area contributed by atoms with E-state index in [0.717, 1.165) is 0 Å². The Morgan fingerprint density at radius 3 is 2.09 bits per heavy atom. The van der Waals surface area contributed by atoms with Gasteiger partial charge in [0.15, 0.2) is 17.7 Å². The van der Waals surface area contributed by atoms with Crippen molar-refractivity contribution in [2.45, 2.75) is 20.0 Å². The summed E-state index contributed by atoms with van der Waals surface area (Å²) >= 11 is 0. The number of aromatic hydroxyl groups is 1. The maximum absolute atomic E-state index is 12.5. The summed E-state index contributed by atoms with van der Waals surface area (Å²) in [6.07, 6.45) is -1.09. The fourth-order valence-corrected chi connectivity index (χ4v) is 2.91. The number of Topliss-reactive ketones (excluding diaryl/α,β-unsaturated/α-hetero) is 1. The number of anilines is 1. The maximum atomic E-state index is 12.5. The van der Waals surface area contributed by atoms with Crippen LogP contribution in [0, 0.1) is 0 Å². The summed E-state index contributed by atoms with van der Waals surface area (Å²) in [5, 5.41) is 12.1. The number of esters is 1. The number of nitrogens with one attached hydrogen (secondary N) is 1. The molecule has 0 saturated carbocycles. The van der Waals surface area contributed by atoms with Gasteiger partial charge in [0, 0.05) is 22.4 Å². The van der Waals surface area contributed by atoms with E-state index >= 15 is 0 Å². The summed E-state index contributed by atoms with van der Waals surface area (Å²) in [6, 6.07) is 18.2. The SMILES string of the molecule is CC(=O)c1cccc(NC(=O)C(C)OC(=O)c2ccc(C(=O)c3cccc(O)c3)cc2)c1. The van der Waals surface area contributed by atoms with Crippen molar-refractivity contribution in [1.82, 2.24) is 0 Å². The van der Waals surface area contributed by atoms with E-state index in [9.17, 15) is 24.3 Å². The molecule has 3 rings (SSSR count). The first-order valence-electron chi connectivity index (χ1n) is 9.81. The first kappa shape index (κ1) is 22.4. The lowest BCUT2D eigenvalue weighted by molar-refractivity contribution is -0.123. The number of phenolic OH excluding ortho intramolecular Hbond substituents is 1. The molecular weight excluding hydrogens is 410 g/mol. The highest BCUT2D eigenvalue weighted by molar-refractivity contribution is 6.09. The number of amides is 1. The van der Waals surface area contributed by atoms with Gasteiger partial charge in [-0.3, -0.25) is 14.4 Å². The van der Waals surface area contributed by atoms with Crippen molar-refractivity contribution in [3.05, 3.63) is 95.1 Å². The van der Waals surface area contributed by atoms with Gasteiger partial charge in [-0.1, -0.05) is 36.4 Å². The fourth-order valence-electron chi connectivity index (χ4n) is 2.91. The van der Waals surface area contributed by atoms with Gasteiger partial charge in [0.25, 0.3) is 5.91 Å². The second-order valence-corrected chi connectivity index (χ2v) is 7.13. The standard InChI is InChI=1S/C25H21NO6/c1-15(27)19-5-3-7-21(13-19)26-24(30)16(2)32-25(31)18-11-9-17(10-12-18)23(29)20-6-4-8-22(28)14-20/h3-14,16,28H,1-2H3,(H,26,30). The molecule has 1 amide bonds. The van der Waals surface area contributed by atoms with E-state index < -0.39 is 18.0 Å². The minimum absolute atomic E-state index is 0.0173. The summed E-state index contributed by atoms with van der Waals surface area (Å²) in [4.78, 5) is 48.7. The number of carbonyl (C=O) groups excluding carboxylic acids is 4. The molecule has 1 atom stereocenters. The van der Waals surface area contributed by atoms with Gasteiger partial charge in [0.1, 0.15) is 5.75 Å². The van der Waals surface area contributed by atoms with Crippen molar-refractivity contribution >= 4 is 29.1 Å². The quantitative estimate of drug-likeness (QED) is 0.432. The van der Waals surface area contributed by atoms with Crippen molar-refractivity contribution < 1.29 is 29.0 Å². The van der Waals surface area contributed by atoms with Crippen LogP contribution in [0.3, 0.4) is 0 Å². The van der Waals surface area contributed by atoms with Crippen LogP contribution in [0.15, 0.2) is 72.8 Å². The van der Waals surface area contributed by atoms with Gasteiger partial charge in [-0.05, 0) is 50.2 Å². The van der Waals surface area contributed by atoms with Crippen LogP contribution in [0.5, 0.6) is 5.75 Å². The zero-order valence-corrected chi connectivity index (χ0v) is 17.5. The Morgan fingerprint density at radius 1 is 0.812 bits per heavy atom. The van der Waals surface area contributed by atoms with Crippen LogP contribution in [0.25, 0.3) is 0 Å². The highest BCUT2D eigenvalue weighted by atomic mass is 16.5. The molecule has 7 heteroatoms. The maximum Gasteiger partial charge on any atom is 0.338 e. The largest absolute Gasteiger partial charge is 0.508 e. The molecule has 3 aromatic carbocycles. The molecule has 0 aliphatic carbocycles. The predicted molar refractivity (Wildman–Crippen MR) is 118 cm³/mol. The van der Waals surface area contributed by atoms with E-state index in [1.165, 1.54) is 56.3 Å². The smallest absolute Gasteiger partial charge is 0.338 e. The Balaban J connectivity index is 1.62. The average Bonchev–Trinajstić information content (AvgIpc) is 2.78. The molecular formula is C25H21NO6. The highest BCUT2D eigenvalue weighted by Gasteiger charge is 2.20. The van der Waals surface area contributed by atoms with Crippen LogP contribution < -0.4 is 5.32 Å². The van der Waals surface area contributed by atoms with E-state index in [4.69, 9.17) is 4.74 Å². The minimum atomic E-state index is -1.09. The topological polar surface area (TPSA) is 110 Å². The van der Waals surface area contributed by atoms with Crippen molar-refractivity contribution in [3.8, 4) is 5.75 Å². The highest BCUT2D eigenvalue weighted by Crippen LogP contribution is 2.17. The van der Waals surface area contributed by atoms with E-state index in [0.29, 0.717) is 22.4 Å². The van der Waals surface area contributed by atoms with Crippen molar-refractivity contribution in [2.75, 3.05) is 5.32 Å². The Bertz CT molecular complexity index is 1180. The monoisotopic (exact) mass is 431 g/mol. The average molecular weight is 431 g/mol. The molecule has 162 valence electrons. The molecule has 0 heterocycles. The Labute approximate surface area is 184 Å². The first-order valence-corrected chi connectivity index (χ1v) is 9.81. The van der Waals surface area contributed by atoms with Crippen LogP contribution in [-0.2, 0) is 9.53 Å². The van der Waals surface area contributed by atoms with Gasteiger partial charge in [0.05, 0.1) is 5.56 Å². The van der Waals surface area contributed by atoms with Gasteiger partial charge in [-0.15, -0.1) is 0 Å². The van der Waals surface area contributed by atoms with Gasteiger partial charge >= 0.3 is 5.97 Å². The van der Waals surface area contributed by atoms with Crippen LogP contribution in [0.4, 0.5) is 5.69 Å². The predicted octanol–water partition coefficient (Wildman–Crippen LogP) is 4.01. The molecule has 0 bridgehead atoms. The number of rotatable bonds is 7. The zero-order valence-electron chi connectivity index (χ0n) is 17.5. The van der Waals surface area contributed by atoms with E-state index in [1.54, 1.807) is 30.3 Å². The second-order valence-electron chi connectivity index (χ2n) is 7.13. The number of phenols is 1. The van der Waals surface area contributed by atoms with Crippen molar-refractivity contribution in [2.24, 2.45) is 0 Å². The Hall–Kier alpha value is -4.26. The molecule has 2 N–H and O–H groups in total. The Morgan fingerprint density at radius 2 is 1.44 bits per heavy atom. The van der Waals surface area contributed by atoms with E-state index in [1.807, 2.05) is 0 Å². The van der Waals surface area contributed by atoms with Gasteiger partial charge < -0.3 is 15.2 Å². The summed E-state index contributed by atoms with van der Waals surface area (Å²) in [5.41, 5.74) is 1.70. The molecule has 32 heavy (non-hydrogen) atoms. The lowest BCUT2D eigenvalue weighted by atomic mass is 10.0. The van der Waals surface area contributed by atoms with E-state index in [2.05, 4.69) is 5.32 Å². The number of benzene rings is 3. The fraction of sp³-hybridized carbons (Fsp3) is 0.120. The number of ether oxygens (including phenoxy) is 1. The molecule has 0 spiro atoms. The lowest BCUT2D eigenvalue weighted by Gasteiger charge is -2.14. The zero-order chi connectivity index (χ0) is 23.3. The van der Waals surface area contributed by atoms with E-state index in [-0.39, 0.29) is 22.9 Å². The minimum Gasteiger partial charge on any atom is -0.508 e. The first-order chi connectivity index (χ1) is 15.2. The van der Waals surface area contributed by atoms with Crippen LogP contribution in [0.1, 0.15) is 50.5 Å². The van der Waals surface area contributed by atoms with Gasteiger partial charge in [-0.25, -0.2) is 4.79 Å². The molecule has 0 fully saturated rings. The molecule has 1 unspecified atom stereocenters. The van der Waals surface area contributed by atoms with Crippen molar-refractivity contribution in [3.63, 3.8) is 0 Å². The molecule has 0 aromatic heterocycles. The summed E-state index contributed by atoms with van der Waals surface area (Å²) < 4.78 is 5.21. The van der Waals surface area contributed by atoms with Crippen LogP contribution in [0.2, 0.25) is 0 Å². The lowest BCUT2D eigenvalue weighted by Crippen LogP contribution is -2.30. The number of hydrogen-bond donors (Lipinski definition) is 2. The third-order valence-corrected chi connectivity index (χ3v) is 4.68. The summed E-state index contributed by atoms with van der Waals surface area (Å²) in [5.74, 6) is -1.72. The number of carbonyl (C=O) groups is 4. The molecule has 3 aromatic rings. The summed E-state index contributed by atoms with van der Waals surface area (Å²) in [6.45, 7) is 2.86. The molecule has 0 saturated heterocycles. The number of hydrogen-bond acceptors (Lipinski definition) is 6. The molecule has 0 radical (unpaired) electrons. The number of ketones is 2. The molecule has 0 aliphatic rings. The summed E-state index contributed by atoms with van der Waals surface area (Å²) in [7, 11) is 0. The normalized spacial score (nSPS) is 11.3. The molecule has 0 aliphatic heterocycles. The second kappa shape index (κ2) is 9.70. The molecule has 7 nitrogen and oxygen atoms in total.